The van der Waals surface area contributed by atoms with E-state index in [4.69, 9.17) is 0 Å². The predicted molar refractivity (Wildman–Crippen MR) is 110 cm³/mol. The molecule has 132 valence electrons. The van der Waals surface area contributed by atoms with Gasteiger partial charge in [-0.25, -0.2) is 4.57 Å². The van der Waals surface area contributed by atoms with Gasteiger partial charge in [-0.2, -0.15) is 4.57 Å². The maximum absolute atomic E-state index is 2.44. The number of aryl methyl sites for hydroxylation is 4. The van der Waals surface area contributed by atoms with Crippen molar-refractivity contribution < 1.29 is 4.57 Å². The van der Waals surface area contributed by atoms with E-state index in [2.05, 4.69) is 99.5 Å². The van der Waals surface area contributed by atoms with Crippen molar-refractivity contribution >= 4 is 21.8 Å². The molecule has 2 heterocycles. The second-order valence-electron chi connectivity index (χ2n) is 7.81. The number of aromatic nitrogens is 2. The van der Waals surface area contributed by atoms with Crippen LogP contribution in [0.25, 0.3) is 27.6 Å². The SMILES string of the molecule is Cc1ccc(-n2c3ccccc3c3cc(C)c(C(C)C)c(C)c32)[n+](C)c1. The Morgan fingerprint density at radius 1 is 0.923 bits per heavy atom. The van der Waals surface area contributed by atoms with Crippen LogP contribution in [-0.4, -0.2) is 4.57 Å². The Balaban J connectivity index is 2.25. The first-order chi connectivity index (χ1) is 12.4. The lowest BCUT2D eigenvalue weighted by molar-refractivity contribution is -0.665. The Hall–Kier alpha value is -2.61. The van der Waals surface area contributed by atoms with Crippen LogP contribution < -0.4 is 4.57 Å². The van der Waals surface area contributed by atoms with Crippen molar-refractivity contribution in [1.82, 2.24) is 4.57 Å². The molecular formula is C24H27N2+. The van der Waals surface area contributed by atoms with Gasteiger partial charge in [0.05, 0.1) is 13.2 Å². The van der Waals surface area contributed by atoms with Gasteiger partial charge in [0.1, 0.15) is 11.0 Å². The summed E-state index contributed by atoms with van der Waals surface area (Å²) in [7, 11) is 2.13. The molecule has 26 heavy (non-hydrogen) atoms. The van der Waals surface area contributed by atoms with Crippen molar-refractivity contribution in [2.75, 3.05) is 0 Å². The molecule has 0 N–H and O–H groups in total. The Labute approximate surface area is 155 Å². The van der Waals surface area contributed by atoms with Gasteiger partial charge in [-0.15, -0.1) is 0 Å². The van der Waals surface area contributed by atoms with Crippen LogP contribution in [0, 0.1) is 20.8 Å². The lowest BCUT2D eigenvalue weighted by atomic mass is 9.91. The zero-order valence-electron chi connectivity index (χ0n) is 16.6. The molecule has 4 rings (SSSR count). The highest BCUT2D eigenvalue weighted by molar-refractivity contribution is 6.10. The van der Waals surface area contributed by atoms with Crippen LogP contribution in [0.4, 0.5) is 0 Å². The molecule has 0 aliphatic heterocycles. The van der Waals surface area contributed by atoms with E-state index in [0.29, 0.717) is 5.92 Å². The number of hydrogen-bond donors (Lipinski definition) is 0. The number of para-hydroxylation sites is 1. The molecule has 2 nitrogen and oxygen atoms in total. The topological polar surface area (TPSA) is 8.81 Å². The van der Waals surface area contributed by atoms with Crippen molar-refractivity contribution in [3.63, 3.8) is 0 Å². The molecule has 2 heteroatoms. The predicted octanol–water partition coefficient (Wildman–Crippen LogP) is 5.66. The Morgan fingerprint density at radius 2 is 1.65 bits per heavy atom. The van der Waals surface area contributed by atoms with Gasteiger partial charge in [0.2, 0.25) is 0 Å². The van der Waals surface area contributed by atoms with Crippen molar-refractivity contribution in [3.8, 4) is 5.82 Å². The van der Waals surface area contributed by atoms with Gasteiger partial charge < -0.3 is 0 Å². The molecular weight excluding hydrogens is 316 g/mol. The van der Waals surface area contributed by atoms with E-state index in [9.17, 15) is 0 Å². The molecule has 4 aromatic rings. The molecule has 0 bridgehead atoms. The maximum atomic E-state index is 2.44. The molecule has 0 fully saturated rings. The number of fused-ring (bicyclic) bond motifs is 3. The number of pyridine rings is 1. The maximum Gasteiger partial charge on any atom is 0.286 e. The molecule has 0 saturated carbocycles. The first-order valence-electron chi connectivity index (χ1n) is 9.40. The fourth-order valence-electron chi connectivity index (χ4n) is 4.59. The van der Waals surface area contributed by atoms with Gasteiger partial charge in [-0.1, -0.05) is 26.0 Å². The van der Waals surface area contributed by atoms with Crippen LogP contribution in [-0.2, 0) is 7.05 Å². The largest absolute Gasteiger partial charge is 0.286 e. The fourth-order valence-corrected chi connectivity index (χ4v) is 4.59. The van der Waals surface area contributed by atoms with E-state index in [1.807, 2.05) is 0 Å². The zero-order valence-corrected chi connectivity index (χ0v) is 16.6. The highest BCUT2D eigenvalue weighted by atomic mass is 15.1. The van der Waals surface area contributed by atoms with E-state index in [1.54, 1.807) is 0 Å². The summed E-state index contributed by atoms with van der Waals surface area (Å²) in [6.45, 7) is 11.3. The summed E-state index contributed by atoms with van der Waals surface area (Å²) in [6, 6.07) is 15.6. The molecule has 0 spiro atoms. The third kappa shape index (κ3) is 2.36. The van der Waals surface area contributed by atoms with Crippen LogP contribution >= 0.6 is 0 Å². The number of nitrogens with zero attached hydrogens (tertiary/aromatic N) is 2. The van der Waals surface area contributed by atoms with Crippen LogP contribution in [0.5, 0.6) is 0 Å². The quantitative estimate of drug-likeness (QED) is 0.415. The molecule has 0 aliphatic rings. The first-order valence-corrected chi connectivity index (χ1v) is 9.40. The standard InChI is InChI=1S/C24H27N2/c1-15(2)23-17(4)13-20-19-9-7-8-10-21(19)26(24(20)18(23)5)22-12-11-16(3)14-25(22)6/h7-15H,1-6H3/q+1. The Kier molecular flexibility index (Phi) is 3.87. The summed E-state index contributed by atoms with van der Waals surface area (Å²) < 4.78 is 4.67. The van der Waals surface area contributed by atoms with Crippen LogP contribution in [0.3, 0.4) is 0 Å². The normalized spacial score (nSPS) is 11.8. The van der Waals surface area contributed by atoms with Gasteiger partial charge in [-0.3, -0.25) is 0 Å². The second-order valence-corrected chi connectivity index (χ2v) is 7.81. The lowest BCUT2D eigenvalue weighted by Crippen LogP contribution is -2.33. The van der Waals surface area contributed by atoms with Crippen LogP contribution in [0.15, 0.2) is 48.7 Å². The third-order valence-corrected chi connectivity index (χ3v) is 5.52. The van der Waals surface area contributed by atoms with Crippen molar-refractivity contribution in [3.05, 3.63) is 70.9 Å². The smallest absolute Gasteiger partial charge is 0.236 e. The van der Waals surface area contributed by atoms with Crippen molar-refractivity contribution in [1.29, 1.82) is 0 Å². The number of benzene rings is 2. The Bertz CT molecular complexity index is 1150. The molecule has 0 atom stereocenters. The fraction of sp³-hybridized carbons (Fsp3) is 0.292. The van der Waals surface area contributed by atoms with Gasteiger partial charge in [0, 0.05) is 22.4 Å². The first kappa shape index (κ1) is 16.8. The summed E-state index contributed by atoms with van der Waals surface area (Å²) in [5.41, 5.74) is 8.13. The van der Waals surface area contributed by atoms with E-state index in [-0.39, 0.29) is 0 Å². The van der Waals surface area contributed by atoms with Gasteiger partial charge in [-0.05, 0) is 67.6 Å². The van der Waals surface area contributed by atoms with Gasteiger partial charge >= 0.3 is 0 Å². The van der Waals surface area contributed by atoms with Crippen LogP contribution in [0.1, 0.15) is 42.0 Å². The molecule has 0 radical (unpaired) electrons. The van der Waals surface area contributed by atoms with Crippen LogP contribution in [0.2, 0.25) is 0 Å². The minimum atomic E-state index is 0.512. The summed E-state index contributed by atoms with van der Waals surface area (Å²) in [5.74, 6) is 1.71. The van der Waals surface area contributed by atoms with E-state index >= 15 is 0 Å². The minimum Gasteiger partial charge on any atom is -0.236 e. The third-order valence-electron chi connectivity index (χ3n) is 5.52. The summed E-state index contributed by atoms with van der Waals surface area (Å²) in [5, 5.41) is 2.67. The molecule has 0 amide bonds. The average molecular weight is 343 g/mol. The molecule has 0 aliphatic carbocycles. The van der Waals surface area contributed by atoms with E-state index in [0.717, 1.165) is 0 Å². The molecule has 2 aromatic carbocycles. The summed E-state index contributed by atoms with van der Waals surface area (Å²) in [6.07, 6.45) is 2.20. The number of hydrogen-bond acceptors (Lipinski definition) is 0. The van der Waals surface area contributed by atoms with Crippen molar-refractivity contribution in [2.24, 2.45) is 7.05 Å². The second kappa shape index (κ2) is 5.98. The minimum absolute atomic E-state index is 0.512. The zero-order chi connectivity index (χ0) is 18.6. The lowest BCUT2D eigenvalue weighted by Gasteiger charge is -2.15. The Morgan fingerprint density at radius 3 is 2.35 bits per heavy atom. The summed E-state index contributed by atoms with van der Waals surface area (Å²) >= 11 is 0. The highest BCUT2D eigenvalue weighted by Gasteiger charge is 2.24. The highest BCUT2D eigenvalue weighted by Crippen LogP contribution is 2.37. The summed E-state index contributed by atoms with van der Waals surface area (Å²) in [4.78, 5) is 0. The van der Waals surface area contributed by atoms with Crippen molar-refractivity contribution in [2.45, 2.75) is 40.5 Å². The van der Waals surface area contributed by atoms with Gasteiger partial charge in [0.25, 0.3) is 5.82 Å². The monoisotopic (exact) mass is 343 g/mol. The molecule has 0 saturated heterocycles. The van der Waals surface area contributed by atoms with E-state index < -0.39 is 0 Å². The van der Waals surface area contributed by atoms with Gasteiger partial charge in [0.15, 0.2) is 0 Å². The average Bonchev–Trinajstić information content (AvgIpc) is 2.89. The molecule has 2 aromatic heterocycles. The number of rotatable bonds is 2. The molecule has 0 unspecified atom stereocenters. The van der Waals surface area contributed by atoms with E-state index in [1.165, 1.54) is 49.9 Å².